The van der Waals surface area contributed by atoms with E-state index in [1.54, 1.807) is 18.2 Å². The second kappa shape index (κ2) is 9.26. The molecule has 1 atom stereocenters. The van der Waals surface area contributed by atoms with Gasteiger partial charge in [-0.3, -0.25) is 9.69 Å². The number of benzene rings is 2. The van der Waals surface area contributed by atoms with Crippen LogP contribution in [0.25, 0.3) is 0 Å². The maximum Gasteiger partial charge on any atom is 0.257 e. The highest BCUT2D eigenvalue weighted by Gasteiger charge is 2.32. The fourth-order valence-electron chi connectivity index (χ4n) is 3.31. The number of likely N-dealkylation sites (tertiary alicyclic amines) is 1. The minimum Gasteiger partial charge on any atom is -0.330 e. The van der Waals surface area contributed by atoms with Crippen molar-refractivity contribution in [2.75, 3.05) is 25.0 Å². The molecule has 0 spiro atoms. The Morgan fingerprint density at radius 3 is 2.70 bits per heavy atom. The lowest BCUT2D eigenvalue weighted by Crippen LogP contribution is -2.31. The number of carbonyl (C=O) groups excluding carboxylic acids is 1. The number of nitrogens with one attached hydrogen (secondary N) is 1. The molecule has 3 N–H and O–H groups in total. The maximum atomic E-state index is 12.5. The minimum absolute atomic E-state index is 0. The number of carbonyl (C=O) groups is 1. The third-order valence-electron chi connectivity index (χ3n) is 4.90. The number of hydrogen-bond donors (Lipinski definition) is 2. The second-order valence-corrected chi connectivity index (χ2v) is 8.10. The van der Waals surface area contributed by atoms with Crippen molar-refractivity contribution >= 4 is 47.2 Å². The molecule has 1 fully saturated rings. The van der Waals surface area contributed by atoms with Crippen molar-refractivity contribution in [3.05, 3.63) is 63.6 Å². The summed E-state index contributed by atoms with van der Waals surface area (Å²) in [6.07, 6.45) is 1.12. The van der Waals surface area contributed by atoms with E-state index in [0.717, 1.165) is 37.3 Å². The summed E-state index contributed by atoms with van der Waals surface area (Å²) in [5.74, 6) is -0.249. The highest BCUT2D eigenvalue weighted by molar-refractivity contribution is 6.37. The van der Waals surface area contributed by atoms with E-state index in [-0.39, 0.29) is 23.7 Å². The summed E-state index contributed by atoms with van der Waals surface area (Å²) in [5.41, 5.74) is 8.40. The monoisotopic (exact) mass is 427 g/mol. The van der Waals surface area contributed by atoms with Gasteiger partial charge in [-0.1, -0.05) is 42.3 Å². The van der Waals surface area contributed by atoms with Crippen LogP contribution in [0.5, 0.6) is 0 Å². The molecule has 27 heavy (non-hydrogen) atoms. The van der Waals surface area contributed by atoms with Crippen LogP contribution in [0.1, 0.15) is 29.3 Å². The smallest absolute Gasteiger partial charge is 0.257 e. The molecule has 1 heterocycles. The molecule has 1 amide bonds. The van der Waals surface area contributed by atoms with Gasteiger partial charge >= 0.3 is 0 Å². The van der Waals surface area contributed by atoms with Crippen molar-refractivity contribution in [3.63, 3.8) is 0 Å². The molecular weight excluding hydrogens is 405 g/mol. The first-order valence-corrected chi connectivity index (χ1v) is 9.42. The SMILES string of the molecule is CC1(CN)CCN(Cc2cccc(NC(=O)c3ccc(Cl)cc3Cl)c2)C1.Cl. The first-order chi connectivity index (χ1) is 12.4. The Hall–Kier alpha value is -1.30. The van der Waals surface area contributed by atoms with Crippen LogP contribution < -0.4 is 11.1 Å². The minimum atomic E-state index is -0.249. The Balaban J connectivity index is 0.00000261. The van der Waals surface area contributed by atoms with Crippen LogP contribution in [0.15, 0.2) is 42.5 Å². The average Bonchev–Trinajstić information content (AvgIpc) is 2.96. The van der Waals surface area contributed by atoms with Crippen molar-refractivity contribution in [2.45, 2.75) is 19.9 Å². The molecule has 0 bridgehead atoms. The zero-order valence-electron chi connectivity index (χ0n) is 15.2. The van der Waals surface area contributed by atoms with Crippen LogP contribution in [-0.4, -0.2) is 30.4 Å². The average molecular weight is 429 g/mol. The predicted molar refractivity (Wildman–Crippen MR) is 115 cm³/mol. The third kappa shape index (κ3) is 5.59. The summed E-state index contributed by atoms with van der Waals surface area (Å²) < 4.78 is 0. The standard InChI is InChI=1S/C20H23Cl2N3O.ClH/c1-20(12-23)7-8-25(13-20)11-14-3-2-4-16(9-14)24-19(26)17-6-5-15(21)10-18(17)22;/h2-6,9-10H,7-8,11-13,23H2,1H3,(H,24,26);1H. The third-order valence-corrected chi connectivity index (χ3v) is 5.44. The molecule has 146 valence electrons. The van der Waals surface area contributed by atoms with E-state index < -0.39 is 0 Å². The number of anilines is 1. The lowest BCUT2D eigenvalue weighted by Gasteiger charge is -2.22. The fourth-order valence-corrected chi connectivity index (χ4v) is 3.80. The number of nitrogens with zero attached hydrogens (tertiary/aromatic N) is 1. The van der Waals surface area contributed by atoms with E-state index in [0.29, 0.717) is 22.2 Å². The maximum absolute atomic E-state index is 12.5. The molecule has 0 aliphatic carbocycles. The Labute approximate surface area is 176 Å². The Morgan fingerprint density at radius 1 is 1.26 bits per heavy atom. The molecule has 1 aliphatic heterocycles. The van der Waals surface area contributed by atoms with E-state index in [2.05, 4.69) is 23.2 Å². The number of rotatable bonds is 5. The predicted octanol–water partition coefficient (Wildman–Crippen LogP) is 4.84. The van der Waals surface area contributed by atoms with E-state index in [1.807, 2.05) is 18.2 Å². The van der Waals surface area contributed by atoms with Crippen molar-refractivity contribution in [2.24, 2.45) is 11.1 Å². The van der Waals surface area contributed by atoms with Crippen LogP contribution in [0.3, 0.4) is 0 Å². The molecule has 2 aromatic carbocycles. The summed E-state index contributed by atoms with van der Waals surface area (Å²) in [4.78, 5) is 14.9. The van der Waals surface area contributed by atoms with Crippen LogP contribution in [-0.2, 0) is 6.54 Å². The topological polar surface area (TPSA) is 58.4 Å². The Kier molecular flexibility index (Phi) is 7.55. The summed E-state index contributed by atoms with van der Waals surface area (Å²) in [6.45, 7) is 5.84. The zero-order chi connectivity index (χ0) is 18.7. The largest absolute Gasteiger partial charge is 0.330 e. The Bertz CT molecular complexity index is 815. The molecule has 4 nitrogen and oxygen atoms in total. The molecule has 0 saturated carbocycles. The number of halogens is 3. The van der Waals surface area contributed by atoms with Gasteiger partial charge in [-0.05, 0) is 60.8 Å². The summed E-state index contributed by atoms with van der Waals surface area (Å²) in [5, 5.41) is 3.75. The first kappa shape index (κ1) is 22.0. The van der Waals surface area contributed by atoms with Gasteiger partial charge in [0.2, 0.25) is 0 Å². The van der Waals surface area contributed by atoms with Gasteiger partial charge in [0.1, 0.15) is 0 Å². The van der Waals surface area contributed by atoms with Gasteiger partial charge in [0.25, 0.3) is 5.91 Å². The molecular formula is C20H24Cl3N3O. The molecule has 3 rings (SSSR count). The second-order valence-electron chi connectivity index (χ2n) is 7.25. The van der Waals surface area contributed by atoms with E-state index >= 15 is 0 Å². The van der Waals surface area contributed by atoms with Gasteiger partial charge in [0, 0.05) is 23.8 Å². The molecule has 2 aromatic rings. The highest BCUT2D eigenvalue weighted by atomic mass is 35.5. The van der Waals surface area contributed by atoms with Crippen LogP contribution in [0, 0.1) is 5.41 Å². The molecule has 0 aromatic heterocycles. The van der Waals surface area contributed by atoms with Crippen molar-refractivity contribution in [1.82, 2.24) is 4.90 Å². The molecule has 1 saturated heterocycles. The lowest BCUT2D eigenvalue weighted by atomic mass is 9.90. The van der Waals surface area contributed by atoms with E-state index in [4.69, 9.17) is 28.9 Å². The van der Waals surface area contributed by atoms with Gasteiger partial charge in [0.15, 0.2) is 0 Å². The van der Waals surface area contributed by atoms with Crippen LogP contribution in [0.2, 0.25) is 10.0 Å². The van der Waals surface area contributed by atoms with Gasteiger partial charge < -0.3 is 11.1 Å². The summed E-state index contributed by atoms with van der Waals surface area (Å²) in [7, 11) is 0. The summed E-state index contributed by atoms with van der Waals surface area (Å²) >= 11 is 12.0. The quantitative estimate of drug-likeness (QED) is 0.716. The molecule has 1 unspecified atom stereocenters. The number of nitrogens with two attached hydrogens (primary N) is 1. The van der Waals surface area contributed by atoms with E-state index in [1.165, 1.54) is 0 Å². The normalized spacial score (nSPS) is 19.6. The molecule has 0 radical (unpaired) electrons. The van der Waals surface area contributed by atoms with E-state index in [9.17, 15) is 4.79 Å². The summed E-state index contributed by atoms with van der Waals surface area (Å²) in [6, 6.07) is 12.7. The van der Waals surface area contributed by atoms with Crippen molar-refractivity contribution < 1.29 is 4.79 Å². The zero-order valence-corrected chi connectivity index (χ0v) is 17.5. The number of hydrogen-bond acceptors (Lipinski definition) is 3. The van der Waals surface area contributed by atoms with Gasteiger partial charge in [-0.15, -0.1) is 12.4 Å². The van der Waals surface area contributed by atoms with Crippen LogP contribution in [0.4, 0.5) is 5.69 Å². The highest BCUT2D eigenvalue weighted by Crippen LogP contribution is 2.30. The van der Waals surface area contributed by atoms with Gasteiger partial charge in [0.05, 0.1) is 10.6 Å². The van der Waals surface area contributed by atoms with Crippen molar-refractivity contribution in [1.29, 1.82) is 0 Å². The fraction of sp³-hybridized carbons (Fsp3) is 0.350. The Morgan fingerprint density at radius 2 is 2.04 bits per heavy atom. The lowest BCUT2D eigenvalue weighted by molar-refractivity contribution is 0.102. The van der Waals surface area contributed by atoms with Gasteiger partial charge in [-0.25, -0.2) is 0 Å². The van der Waals surface area contributed by atoms with Gasteiger partial charge in [-0.2, -0.15) is 0 Å². The molecule has 7 heteroatoms. The number of amides is 1. The first-order valence-electron chi connectivity index (χ1n) is 8.66. The van der Waals surface area contributed by atoms with Crippen molar-refractivity contribution in [3.8, 4) is 0 Å². The molecule has 1 aliphatic rings. The van der Waals surface area contributed by atoms with Crippen LogP contribution >= 0.6 is 35.6 Å².